The lowest BCUT2D eigenvalue weighted by Crippen LogP contribution is -2.21. The minimum Gasteiger partial charge on any atom is -0.294 e. The predicted octanol–water partition coefficient (Wildman–Crippen LogP) is 5.00. The van der Waals surface area contributed by atoms with E-state index in [9.17, 15) is 4.79 Å². The lowest BCUT2D eigenvalue weighted by atomic mass is 9.79. The molecule has 2 rings (SSSR count). The van der Waals surface area contributed by atoms with Gasteiger partial charge in [-0.3, -0.25) is 4.79 Å². The number of hydrogen-bond acceptors (Lipinski definition) is 1. The van der Waals surface area contributed by atoms with Crippen LogP contribution in [0.1, 0.15) is 43.0 Å². The van der Waals surface area contributed by atoms with Gasteiger partial charge < -0.3 is 0 Å². The van der Waals surface area contributed by atoms with E-state index in [0.29, 0.717) is 15.6 Å². The molecule has 17 heavy (non-hydrogen) atoms. The van der Waals surface area contributed by atoms with E-state index in [1.165, 1.54) is 0 Å². The lowest BCUT2D eigenvalue weighted by molar-refractivity contribution is 0.0876. The maximum Gasteiger partial charge on any atom is 0.167 e. The third kappa shape index (κ3) is 2.83. The summed E-state index contributed by atoms with van der Waals surface area (Å²) in [4.78, 5) is 12.3. The average molecular weight is 271 g/mol. The molecule has 0 heterocycles. The van der Waals surface area contributed by atoms with Gasteiger partial charge in [0.25, 0.3) is 0 Å². The monoisotopic (exact) mass is 270 g/mol. The topological polar surface area (TPSA) is 17.1 Å². The highest BCUT2D eigenvalue weighted by molar-refractivity contribution is 6.43. The molecule has 1 aliphatic rings. The van der Waals surface area contributed by atoms with Crippen molar-refractivity contribution in [3.8, 4) is 0 Å². The van der Waals surface area contributed by atoms with Crippen molar-refractivity contribution in [2.75, 3.05) is 0 Å². The summed E-state index contributed by atoms with van der Waals surface area (Å²) < 4.78 is 0. The number of carbonyl (C=O) groups is 1. The number of benzene rings is 1. The Hall–Kier alpha value is -0.530. The van der Waals surface area contributed by atoms with Crippen LogP contribution in [0.15, 0.2) is 18.2 Å². The SMILES string of the molecule is CC1CCC(C(=O)c2cccc(Cl)c2Cl)CC1. The molecule has 1 aliphatic carbocycles. The zero-order chi connectivity index (χ0) is 12.4. The summed E-state index contributed by atoms with van der Waals surface area (Å²) in [7, 11) is 0. The second kappa shape index (κ2) is 5.41. The van der Waals surface area contributed by atoms with Crippen molar-refractivity contribution in [1.29, 1.82) is 0 Å². The van der Waals surface area contributed by atoms with Gasteiger partial charge in [-0.15, -0.1) is 0 Å². The number of halogens is 2. The van der Waals surface area contributed by atoms with Crippen molar-refractivity contribution < 1.29 is 4.79 Å². The molecule has 1 fully saturated rings. The average Bonchev–Trinajstić information content (AvgIpc) is 2.33. The molecular formula is C14H16Cl2O. The summed E-state index contributed by atoms with van der Waals surface area (Å²) in [6, 6.07) is 5.27. The maximum atomic E-state index is 12.3. The summed E-state index contributed by atoms with van der Waals surface area (Å²) in [6.07, 6.45) is 4.22. The number of carbonyl (C=O) groups excluding carboxylic acids is 1. The fourth-order valence-corrected chi connectivity index (χ4v) is 2.83. The Labute approximate surface area is 112 Å². The fourth-order valence-electron chi connectivity index (χ4n) is 2.44. The van der Waals surface area contributed by atoms with Gasteiger partial charge in [0.05, 0.1) is 10.0 Å². The smallest absolute Gasteiger partial charge is 0.167 e. The molecule has 0 bridgehead atoms. The van der Waals surface area contributed by atoms with Crippen molar-refractivity contribution >= 4 is 29.0 Å². The molecule has 0 saturated heterocycles. The Morgan fingerprint density at radius 1 is 1.18 bits per heavy atom. The van der Waals surface area contributed by atoms with Crippen molar-refractivity contribution in [3.05, 3.63) is 33.8 Å². The van der Waals surface area contributed by atoms with Crippen molar-refractivity contribution in [2.45, 2.75) is 32.6 Å². The summed E-state index contributed by atoms with van der Waals surface area (Å²) in [5.41, 5.74) is 0.582. The molecule has 0 spiro atoms. The van der Waals surface area contributed by atoms with Gasteiger partial charge in [0.2, 0.25) is 0 Å². The van der Waals surface area contributed by atoms with Crippen molar-refractivity contribution in [2.24, 2.45) is 11.8 Å². The van der Waals surface area contributed by atoms with Crippen LogP contribution in [-0.2, 0) is 0 Å². The van der Waals surface area contributed by atoms with Crippen molar-refractivity contribution in [1.82, 2.24) is 0 Å². The van der Waals surface area contributed by atoms with Crippen LogP contribution in [0.5, 0.6) is 0 Å². The first-order chi connectivity index (χ1) is 8.09. The zero-order valence-electron chi connectivity index (χ0n) is 9.88. The summed E-state index contributed by atoms with van der Waals surface area (Å²) in [5, 5.41) is 0.861. The van der Waals surface area contributed by atoms with E-state index in [1.54, 1.807) is 18.2 Å². The van der Waals surface area contributed by atoms with E-state index in [1.807, 2.05) is 0 Å². The van der Waals surface area contributed by atoms with Crippen LogP contribution in [0.25, 0.3) is 0 Å². The van der Waals surface area contributed by atoms with Crippen LogP contribution in [0.2, 0.25) is 10.0 Å². The van der Waals surface area contributed by atoms with Gasteiger partial charge in [0.1, 0.15) is 0 Å². The highest BCUT2D eigenvalue weighted by atomic mass is 35.5. The summed E-state index contributed by atoms with van der Waals surface area (Å²) in [6.45, 7) is 2.24. The predicted molar refractivity (Wildman–Crippen MR) is 71.9 cm³/mol. The molecule has 92 valence electrons. The summed E-state index contributed by atoms with van der Waals surface area (Å²) >= 11 is 12.0. The van der Waals surface area contributed by atoms with Gasteiger partial charge in [-0.2, -0.15) is 0 Å². The van der Waals surface area contributed by atoms with E-state index >= 15 is 0 Å². The number of Topliss-reactive ketones (excluding diaryl/α,β-unsaturated/α-hetero) is 1. The highest BCUT2D eigenvalue weighted by Gasteiger charge is 2.26. The van der Waals surface area contributed by atoms with Gasteiger partial charge in [-0.05, 0) is 30.9 Å². The zero-order valence-corrected chi connectivity index (χ0v) is 11.4. The minimum absolute atomic E-state index is 0.127. The molecule has 1 aromatic rings. The minimum atomic E-state index is 0.127. The maximum absolute atomic E-state index is 12.3. The van der Waals surface area contributed by atoms with E-state index in [4.69, 9.17) is 23.2 Å². The van der Waals surface area contributed by atoms with Gasteiger partial charge in [-0.1, -0.05) is 49.0 Å². The first-order valence-electron chi connectivity index (χ1n) is 6.08. The normalized spacial score (nSPS) is 24.6. The Balaban J connectivity index is 2.17. The Morgan fingerprint density at radius 3 is 2.47 bits per heavy atom. The molecule has 1 aromatic carbocycles. The third-order valence-corrected chi connectivity index (χ3v) is 4.42. The van der Waals surface area contributed by atoms with Crippen molar-refractivity contribution in [3.63, 3.8) is 0 Å². The lowest BCUT2D eigenvalue weighted by Gasteiger charge is -2.25. The molecule has 0 aromatic heterocycles. The van der Waals surface area contributed by atoms with Gasteiger partial charge in [0.15, 0.2) is 5.78 Å². The number of hydrogen-bond donors (Lipinski definition) is 0. The van der Waals surface area contributed by atoms with Gasteiger partial charge in [0, 0.05) is 11.5 Å². The molecule has 0 atom stereocenters. The quantitative estimate of drug-likeness (QED) is 0.691. The van der Waals surface area contributed by atoms with E-state index in [0.717, 1.165) is 31.6 Å². The largest absolute Gasteiger partial charge is 0.294 e. The third-order valence-electron chi connectivity index (χ3n) is 3.60. The Kier molecular flexibility index (Phi) is 4.11. The molecule has 1 nitrogen and oxygen atoms in total. The van der Waals surface area contributed by atoms with Gasteiger partial charge in [-0.25, -0.2) is 0 Å². The van der Waals surface area contributed by atoms with Crippen LogP contribution in [0, 0.1) is 11.8 Å². The van der Waals surface area contributed by atoms with Crippen LogP contribution in [0.3, 0.4) is 0 Å². The molecule has 3 heteroatoms. The van der Waals surface area contributed by atoms with E-state index in [2.05, 4.69) is 6.92 Å². The molecule has 0 amide bonds. The molecule has 0 N–H and O–H groups in total. The van der Waals surface area contributed by atoms with Gasteiger partial charge >= 0.3 is 0 Å². The van der Waals surface area contributed by atoms with Crippen LogP contribution in [-0.4, -0.2) is 5.78 Å². The highest BCUT2D eigenvalue weighted by Crippen LogP contribution is 2.34. The molecule has 0 unspecified atom stereocenters. The number of rotatable bonds is 2. The van der Waals surface area contributed by atoms with Crippen LogP contribution >= 0.6 is 23.2 Å². The fraction of sp³-hybridized carbons (Fsp3) is 0.500. The Bertz CT molecular complexity index is 420. The molecular weight excluding hydrogens is 255 g/mol. The molecule has 1 saturated carbocycles. The second-order valence-electron chi connectivity index (χ2n) is 4.92. The molecule has 0 aliphatic heterocycles. The second-order valence-corrected chi connectivity index (χ2v) is 5.71. The van der Waals surface area contributed by atoms with E-state index < -0.39 is 0 Å². The summed E-state index contributed by atoms with van der Waals surface area (Å²) in [5.74, 6) is 1.03. The van der Waals surface area contributed by atoms with Crippen LogP contribution in [0.4, 0.5) is 0 Å². The first kappa shape index (κ1) is 12.9. The molecule has 0 radical (unpaired) electrons. The first-order valence-corrected chi connectivity index (χ1v) is 6.83. The standard InChI is InChI=1S/C14H16Cl2O/c1-9-5-7-10(8-6-9)14(17)11-3-2-4-12(15)13(11)16/h2-4,9-10H,5-8H2,1H3. The van der Waals surface area contributed by atoms with Crippen LogP contribution < -0.4 is 0 Å². The number of ketones is 1. The van der Waals surface area contributed by atoms with E-state index in [-0.39, 0.29) is 11.7 Å². The Morgan fingerprint density at radius 2 is 1.82 bits per heavy atom.